The maximum Gasteiger partial charge on any atom is -0.0279 e. The summed E-state index contributed by atoms with van der Waals surface area (Å²) in [7, 11) is 0. The van der Waals surface area contributed by atoms with Gasteiger partial charge in [-0.2, -0.15) is 0 Å². The molecule has 0 bridgehead atoms. The molecule has 0 radical (unpaired) electrons. The third-order valence-corrected chi connectivity index (χ3v) is 2.49. The SMILES string of the molecule is CC.CC(C)(C)CCCCc1ccccc1. The zero-order valence-electron chi connectivity index (χ0n) is 11.7. The van der Waals surface area contributed by atoms with Crippen molar-refractivity contribution in [2.24, 2.45) is 5.41 Å². The normalized spacial score (nSPS) is 10.6. The molecule has 1 aromatic carbocycles. The van der Waals surface area contributed by atoms with Crippen LogP contribution in [0.25, 0.3) is 0 Å². The van der Waals surface area contributed by atoms with Crippen LogP contribution in [0.2, 0.25) is 0 Å². The van der Waals surface area contributed by atoms with Crippen LogP contribution >= 0.6 is 0 Å². The molecule has 0 saturated heterocycles. The molecule has 1 aromatic rings. The van der Waals surface area contributed by atoms with Crippen molar-refractivity contribution in [3.05, 3.63) is 35.9 Å². The van der Waals surface area contributed by atoms with Crippen molar-refractivity contribution in [2.45, 2.75) is 60.3 Å². The zero-order chi connectivity index (χ0) is 12.4. The smallest absolute Gasteiger partial charge is 0.0279 e. The average Bonchev–Trinajstić information content (AvgIpc) is 2.28. The summed E-state index contributed by atoms with van der Waals surface area (Å²) in [6, 6.07) is 10.8. The first-order valence-electron chi connectivity index (χ1n) is 6.62. The molecule has 0 atom stereocenters. The molecule has 0 nitrogen and oxygen atoms in total. The minimum atomic E-state index is 0.497. The molecule has 0 saturated carbocycles. The molecule has 0 amide bonds. The fourth-order valence-corrected chi connectivity index (χ4v) is 1.63. The van der Waals surface area contributed by atoms with E-state index in [0.717, 1.165) is 0 Å². The molecule has 0 fully saturated rings. The molecule has 0 unspecified atom stereocenters. The van der Waals surface area contributed by atoms with Gasteiger partial charge in [-0.3, -0.25) is 0 Å². The Morgan fingerprint density at radius 1 is 0.875 bits per heavy atom. The molecular weight excluding hydrogens is 192 g/mol. The van der Waals surface area contributed by atoms with Gasteiger partial charge in [-0.25, -0.2) is 0 Å². The summed E-state index contributed by atoms with van der Waals surface area (Å²) in [6.07, 6.45) is 5.23. The van der Waals surface area contributed by atoms with Gasteiger partial charge in [0.2, 0.25) is 0 Å². The van der Waals surface area contributed by atoms with Crippen molar-refractivity contribution < 1.29 is 0 Å². The summed E-state index contributed by atoms with van der Waals surface area (Å²) in [5.41, 5.74) is 1.97. The molecular formula is C16H28. The highest BCUT2D eigenvalue weighted by atomic mass is 14.1. The molecule has 92 valence electrons. The van der Waals surface area contributed by atoms with E-state index in [1.54, 1.807) is 0 Å². The lowest BCUT2D eigenvalue weighted by Gasteiger charge is -2.17. The summed E-state index contributed by atoms with van der Waals surface area (Å²) in [4.78, 5) is 0. The van der Waals surface area contributed by atoms with Crippen molar-refractivity contribution in [1.82, 2.24) is 0 Å². The highest BCUT2D eigenvalue weighted by Crippen LogP contribution is 2.22. The Labute approximate surface area is 102 Å². The van der Waals surface area contributed by atoms with Crippen LogP contribution in [0.3, 0.4) is 0 Å². The highest BCUT2D eigenvalue weighted by molar-refractivity contribution is 5.14. The van der Waals surface area contributed by atoms with Gasteiger partial charge in [-0.05, 0) is 30.2 Å². The first-order chi connectivity index (χ1) is 7.58. The summed E-state index contributed by atoms with van der Waals surface area (Å²) in [5.74, 6) is 0. The Hall–Kier alpha value is -0.780. The van der Waals surface area contributed by atoms with E-state index in [-0.39, 0.29) is 0 Å². The van der Waals surface area contributed by atoms with E-state index in [1.165, 1.54) is 31.2 Å². The Balaban J connectivity index is 0.00000106. The van der Waals surface area contributed by atoms with Gasteiger partial charge in [-0.1, -0.05) is 71.4 Å². The average molecular weight is 220 g/mol. The first kappa shape index (κ1) is 15.2. The lowest BCUT2D eigenvalue weighted by molar-refractivity contribution is 0.360. The second-order valence-electron chi connectivity index (χ2n) is 5.25. The predicted octanol–water partition coefficient (Wildman–Crippen LogP) is 5.47. The van der Waals surface area contributed by atoms with Gasteiger partial charge in [0, 0.05) is 0 Å². The molecule has 1 rings (SSSR count). The minimum absolute atomic E-state index is 0.497. The van der Waals surface area contributed by atoms with Crippen LogP contribution in [0.15, 0.2) is 30.3 Å². The molecule has 16 heavy (non-hydrogen) atoms. The summed E-state index contributed by atoms with van der Waals surface area (Å²) in [6.45, 7) is 10.9. The summed E-state index contributed by atoms with van der Waals surface area (Å²) < 4.78 is 0. The molecule has 0 heterocycles. The van der Waals surface area contributed by atoms with Gasteiger partial charge in [0.05, 0.1) is 0 Å². The standard InChI is InChI=1S/C14H22.C2H6/c1-14(2,3)12-8-7-11-13-9-5-4-6-10-13;1-2/h4-6,9-10H,7-8,11-12H2,1-3H3;1-2H3. The quantitative estimate of drug-likeness (QED) is 0.590. The molecule has 0 aromatic heterocycles. The van der Waals surface area contributed by atoms with E-state index in [0.29, 0.717) is 5.41 Å². The monoisotopic (exact) mass is 220 g/mol. The van der Waals surface area contributed by atoms with Gasteiger partial charge in [0.1, 0.15) is 0 Å². The molecule has 0 heteroatoms. The summed E-state index contributed by atoms with van der Waals surface area (Å²) >= 11 is 0. The van der Waals surface area contributed by atoms with Crippen LogP contribution in [0.1, 0.15) is 59.4 Å². The van der Waals surface area contributed by atoms with Crippen LogP contribution in [-0.4, -0.2) is 0 Å². The van der Waals surface area contributed by atoms with Gasteiger partial charge in [0.25, 0.3) is 0 Å². The molecule has 0 spiro atoms. The number of rotatable bonds is 4. The Bertz CT molecular complexity index is 240. The second kappa shape index (κ2) is 8.38. The van der Waals surface area contributed by atoms with Crippen molar-refractivity contribution >= 4 is 0 Å². The van der Waals surface area contributed by atoms with Crippen molar-refractivity contribution in [2.75, 3.05) is 0 Å². The van der Waals surface area contributed by atoms with E-state index in [1.807, 2.05) is 13.8 Å². The van der Waals surface area contributed by atoms with Crippen LogP contribution in [0.5, 0.6) is 0 Å². The lowest BCUT2D eigenvalue weighted by atomic mass is 9.89. The van der Waals surface area contributed by atoms with Gasteiger partial charge >= 0.3 is 0 Å². The number of benzene rings is 1. The van der Waals surface area contributed by atoms with Crippen LogP contribution in [0, 0.1) is 5.41 Å². The van der Waals surface area contributed by atoms with E-state index < -0.39 is 0 Å². The van der Waals surface area contributed by atoms with Crippen molar-refractivity contribution in [1.29, 1.82) is 0 Å². The third kappa shape index (κ3) is 8.52. The topological polar surface area (TPSA) is 0 Å². The Morgan fingerprint density at radius 3 is 1.94 bits per heavy atom. The van der Waals surface area contributed by atoms with E-state index >= 15 is 0 Å². The van der Waals surface area contributed by atoms with Crippen molar-refractivity contribution in [3.63, 3.8) is 0 Å². The zero-order valence-corrected chi connectivity index (χ0v) is 11.7. The maximum atomic E-state index is 2.31. The van der Waals surface area contributed by atoms with Gasteiger partial charge < -0.3 is 0 Å². The third-order valence-electron chi connectivity index (χ3n) is 2.49. The number of aryl methyl sites for hydroxylation is 1. The van der Waals surface area contributed by atoms with Crippen LogP contribution in [-0.2, 0) is 6.42 Å². The van der Waals surface area contributed by atoms with E-state index in [4.69, 9.17) is 0 Å². The lowest BCUT2D eigenvalue weighted by Crippen LogP contribution is -2.04. The summed E-state index contributed by atoms with van der Waals surface area (Å²) in [5, 5.41) is 0. The maximum absolute atomic E-state index is 2.31. The fraction of sp³-hybridized carbons (Fsp3) is 0.625. The van der Waals surface area contributed by atoms with Crippen molar-refractivity contribution in [3.8, 4) is 0 Å². The molecule has 0 aliphatic heterocycles. The van der Waals surface area contributed by atoms with Gasteiger partial charge in [0.15, 0.2) is 0 Å². The Morgan fingerprint density at radius 2 is 1.44 bits per heavy atom. The number of hydrogen-bond donors (Lipinski definition) is 0. The first-order valence-corrected chi connectivity index (χ1v) is 6.62. The van der Waals surface area contributed by atoms with Crippen LogP contribution in [0.4, 0.5) is 0 Å². The highest BCUT2D eigenvalue weighted by Gasteiger charge is 2.08. The van der Waals surface area contributed by atoms with E-state index in [9.17, 15) is 0 Å². The number of hydrogen-bond acceptors (Lipinski definition) is 0. The van der Waals surface area contributed by atoms with E-state index in [2.05, 4.69) is 51.1 Å². The molecule has 0 N–H and O–H groups in total. The molecule has 0 aliphatic carbocycles. The predicted molar refractivity (Wildman–Crippen MR) is 74.8 cm³/mol. The Kier molecular flexibility index (Phi) is 7.97. The largest absolute Gasteiger partial charge is 0.0683 e. The molecule has 0 aliphatic rings. The van der Waals surface area contributed by atoms with Gasteiger partial charge in [-0.15, -0.1) is 0 Å². The second-order valence-corrected chi connectivity index (χ2v) is 5.25. The number of unbranched alkanes of at least 4 members (excludes halogenated alkanes) is 1. The van der Waals surface area contributed by atoms with Crippen LogP contribution < -0.4 is 0 Å². The minimum Gasteiger partial charge on any atom is -0.0683 e. The fourth-order valence-electron chi connectivity index (χ4n) is 1.63.